The zero-order chi connectivity index (χ0) is 14.1. The average molecular weight is 269 g/mol. The molecule has 3 N–H and O–H groups in total. The summed E-state index contributed by atoms with van der Waals surface area (Å²) < 4.78 is 5.07. The van der Waals surface area contributed by atoms with Gasteiger partial charge in [-0.15, -0.1) is 0 Å². The molecule has 0 aliphatic rings. The third-order valence-corrected chi connectivity index (χ3v) is 3.24. The normalized spacial score (nSPS) is 10.8. The molecule has 0 amide bonds. The Hall–Kier alpha value is -2.69. The van der Waals surface area contributed by atoms with E-state index in [9.17, 15) is 4.79 Å². The lowest BCUT2D eigenvalue weighted by atomic mass is 10.2. The summed E-state index contributed by atoms with van der Waals surface area (Å²) in [4.78, 5) is 15.9. The van der Waals surface area contributed by atoms with Crippen LogP contribution < -0.4 is 16.4 Å². The van der Waals surface area contributed by atoms with E-state index < -0.39 is 5.76 Å². The summed E-state index contributed by atoms with van der Waals surface area (Å²) in [5, 5.41) is 0. The van der Waals surface area contributed by atoms with Gasteiger partial charge in [0.25, 0.3) is 0 Å². The molecule has 1 aromatic heterocycles. The van der Waals surface area contributed by atoms with Crippen molar-refractivity contribution in [3.63, 3.8) is 0 Å². The van der Waals surface area contributed by atoms with Crippen molar-refractivity contribution < 1.29 is 4.42 Å². The molecule has 0 spiro atoms. The predicted molar refractivity (Wildman–Crippen MR) is 79.8 cm³/mol. The van der Waals surface area contributed by atoms with E-state index >= 15 is 0 Å². The van der Waals surface area contributed by atoms with Crippen LogP contribution in [-0.2, 0) is 6.54 Å². The van der Waals surface area contributed by atoms with Crippen LogP contribution in [0, 0.1) is 0 Å². The van der Waals surface area contributed by atoms with Gasteiger partial charge in [0.1, 0.15) is 0 Å². The number of anilines is 2. The van der Waals surface area contributed by atoms with Crippen molar-refractivity contribution in [3.05, 3.63) is 58.6 Å². The average Bonchev–Trinajstić information content (AvgIpc) is 2.80. The molecule has 2 aromatic carbocycles. The lowest BCUT2D eigenvalue weighted by Crippen LogP contribution is -2.16. The summed E-state index contributed by atoms with van der Waals surface area (Å²) in [7, 11) is 1.99. The molecule has 0 unspecified atom stereocenters. The molecule has 0 fully saturated rings. The fourth-order valence-corrected chi connectivity index (χ4v) is 2.16. The Bertz CT molecular complexity index is 787. The van der Waals surface area contributed by atoms with Crippen LogP contribution in [0.2, 0.25) is 0 Å². The van der Waals surface area contributed by atoms with Crippen molar-refractivity contribution in [1.82, 2.24) is 4.98 Å². The van der Waals surface area contributed by atoms with E-state index in [2.05, 4.69) is 9.88 Å². The number of hydrogen-bond acceptors (Lipinski definition) is 4. The minimum Gasteiger partial charge on any atom is -0.408 e. The molecule has 0 radical (unpaired) electrons. The van der Waals surface area contributed by atoms with Gasteiger partial charge in [0, 0.05) is 31.0 Å². The lowest BCUT2D eigenvalue weighted by Gasteiger charge is -2.19. The van der Waals surface area contributed by atoms with Crippen molar-refractivity contribution in [2.24, 2.45) is 0 Å². The number of aromatic nitrogens is 1. The molecule has 0 saturated heterocycles. The number of hydrogen-bond donors (Lipinski definition) is 2. The number of benzene rings is 2. The van der Waals surface area contributed by atoms with Gasteiger partial charge in [0.2, 0.25) is 0 Å². The highest BCUT2D eigenvalue weighted by molar-refractivity contribution is 5.77. The Kier molecular flexibility index (Phi) is 2.95. The third kappa shape index (κ3) is 2.38. The Morgan fingerprint density at radius 3 is 2.70 bits per heavy atom. The molecular formula is C15H15N3O2. The van der Waals surface area contributed by atoms with Crippen molar-refractivity contribution >= 4 is 22.5 Å². The largest absolute Gasteiger partial charge is 0.417 e. The minimum absolute atomic E-state index is 0.432. The van der Waals surface area contributed by atoms with Gasteiger partial charge in [-0.05, 0) is 29.8 Å². The first-order chi connectivity index (χ1) is 9.61. The van der Waals surface area contributed by atoms with E-state index in [-0.39, 0.29) is 0 Å². The summed E-state index contributed by atoms with van der Waals surface area (Å²) >= 11 is 0. The van der Waals surface area contributed by atoms with E-state index in [4.69, 9.17) is 10.2 Å². The summed E-state index contributed by atoms with van der Waals surface area (Å²) in [6, 6.07) is 13.4. The Morgan fingerprint density at radius 1 is 1.20 bits per heavy atom. The second-order valence-corrected chi connectivity index (χ2v) is 4.79. The molecule has 0 saturated carbocycles. The molecule has 3 rings (SSSR count). The second kappa shape index (κ2) is 4.77. The molecule has 102 valence electrons. The maximum Gasteiger partial charge on any atom is 0.417 e. The van der Waals surface area contributed by atoms with E-state index in [1.165, 1.54) is 0 Å². The number of aromatic amines is 1. The van der Waals surface area contributed by atoms with Gasteiger partial charge in [-0.25, -0.2) is 4.79 Å². The number of H-pyrrole nitrogens is 1. The highest BCUT2D eigenvalue weighted by Crippen LogP contribution is 2.21. The van der Waals surface area contributed by atoms with E-state index in [0.29, 0.717) is 11.1 Å². The molecule has 5 nitrogen and oxygen atoms in total. The van der Waals surface area contributed by atoms with Gasteiger partial charge in [0.15, 0.2) is 5.58 Å². The number of oxazole rings is 1. The lowest BCUT2D eigenvalue weighted by molar-refractivity contribution is 0.555. The first-order valence-electron chi connectivity index (χ1n) is 6.30. The zero-order valence-corrected chi connectivity index (χ0v) is 11.1. The minimum atomic E-state index is -0.432. The van der Waals surface area contributed by atoms with Crippen molar-refractivity contribution in [1.29, 1.82) is 0 Å². The number of nitrogens with zero attached hydrogens (tertiary/aromatic N) is 1. The van der Waals surface area contributed by atoms with Gasteiger partial charge in [-0.1, -0.05) is 12.1 Å². The van der Waals surface area contributed by atoms with Gasteiger partial charge < -0.3 is 15.1 Å². The van der Waals surface area contributed by atoms with Crippen LogP contribution in [0.25, 0.3) is 11.1 Å². The summed E-state index contributed by atoms with van der Waals surface area (Å²) in [6.45, 7) is 0.750. The number of fused-ring (bicyclic) bond motifs is 1. The summed E-state index contributed by atoms with van der Waals surface area (Å²) in [5.74, 6) is -0.432. The van der Waals surface area contributed by atoms with Crippen LogP contribution in [0.15, 0.2) is 51.7 Å². The maximum absolute atomic E-state index is 11.1. The Labute approximate surface area is 115 Å². The molecule has 3 aromatic rings. The van der Waals surface area contributed by atoms with Gasteiger partial charge in [0.05, 0.1) is 5.52 Å². The number of nitrogens with one attached hydrogen (secondary N) is 1. The van der Waals surface area contributed by atoms with Gasteiger partial charge in [-0.3, -0.25) is 4.98 Å². The topological polar surface area (TPSA) is 75.3 Å². The Balaban J connectivity index is 1.85. The highest BCUT2D eigenvalue weighted by atomic mass is 16.4. The van der Waals surface area contributed by atoms with Crippen LogP contribution in [0.4, 0.5) is 11.4 Å². The molecule has 5 heteroatoms. The first-order valence-corrected chi connectivity index (χ1v) is 6.30. The molecular weight excluding hydrogens is 254 g/mol. The molecule has 0 aliphatic heterocycles. The molecule has 0 aliphatic carbocycles. The van der Waals surface area contributed by atoms with Gasteiger partial charge >= 0.3 is 5.76 Å². The second-order valence-electron chi connectivity index (χ2n) is 4.79. The SMILES string of the molecule is CN(Cc1ccc(N)cc1)c1ccc2[nH]c(=O)oc2c1. The van der Waals surface area contributed by atoms with Crippen LogP contribution in [0.5, 0.6) is 0 Å². The number of rotatable bonds is 3. The van der Waals surface area contributed by atoms with Crippen molar-refractivity contribution in [3.8, 4) is 0 Å². The van der Waals surface area contributed by atoms with E-state index in [0.717, 1.165) is 23.5 Å². The van der Waals surface area contributed by atoms with Gasteiger partial charge in [-0.2, -0.15) is 0 Å². The monoisotopic (exact) mass is 269 g/mol. The highest BCUT2D eigenvalue weighted by Gasteiger charge is 2.06. The first kappa shape index (κ1) is 12.3. The zero-order valence-electron chi connectivity index (χ0n) is 11.1. The van der Waals surface area contributed by atoms with Crippen molar-refractivity contribution in [2.45, 2.75) is 6.54 Å². The van der Waals surface area contributed by atoms with Crippen LogP contribution in [0.1, 0.15) is 5.56 Å². The van der Waals surface area contributed by atoms with E-state index in [1.54, 1.807) is 0 Å². The summed E-state index contributed by atoms with van der Waals surface area (Å²) in [5.41, 5.74) is 9.85. The molecule has 1 heterocycles. The third-order valence-electron chi connectivity index (χ3n) is 3.24. The van der Waals surface area contributed by atoms with E-state index in [1.807, 2.05) is 49.5 Å². The Morgan fingerprint density at radius 2 is 1.95 bits per heavy atom. The van der Waals surface area contributed by atoms with Crippen LogP contribution in [0.3, 0.4) is 0 Å². The fraction of sp³-hybridized carbons (Fsp3) is 0.133. The fourth-order valence-electron chi connectivity index (χ4n) is 2.16. The van der Waals surface area contributed by atoms with Crippen LogP contribution >= 0.6 is 0 Å². The molecule has 0 bridgehead atoms. The smallest absolute Gasteiger partial charge is 0.408 e. The number of nitrogen functional groups attached to an aromatic ring is 1. The van der Waals surface area contributed by atoms with Crippen molar-refractivity contribution in [2.75, 3.05) is 17.7 Å². The molecule has 20 heavy (non-hydrogen) atoms. The summed E-state index contributed by atoms with van der Waals surface area (Å²) in [6.07, 6.45) is 0. The quantitative estimate of drug-likeness (QED) is 0.716. The van der Waals surface area contributed by atoms with Crippen LogP contribution in [-0.4, -0.2) is 12.0 Å². The predicted octanol–water partition coefficient (Wildman–Crippen LogP) is 2.34. The number of nitrogens with two attached hydrogens (primary N) is 1. The molecule has 0 atom stereocenters. The standard InChI is InChI=1S/C15H15N3O2/c1-18(9-10-2-4-11(16)5-3-10)12-6-7-13-14(8-12)20-15(19)17-13/h2-8H,9,16H2,1H3,(H,17,19). The maximum atomic E-state index is 11.1.